The molecule has 0 aliphatic carbocycles. The Balaban J connectivity index is 1.57. The number of nitrogens with one attached hydrogen (secondary N) is 1. The normalized spacial score (nSPS) is 18.9. The van der Waals surface area contributed by atoms with Gasteiger partial charge in [0.15, 0.2) is 0 Å². The number of likely N-dealkylation sites (tertiary alicyclic amines) is 1. The zero-order valence-corrected chi connectivity index (χ0v) is 13.8. The molecule has 2 aromatic heterocycles. The van der Waals surface area contributed by atoms with E-state index in [0.717, 1.165) is 10.6 Å². The SMILES string of the molecule is CC(NC(=O)C1CC(=O)N(Cc2ccccn2)C1)c1cccs1. The number of hydrogen-bond acceptors (Lipinski definition) is 4. The van der Waals surface area contributed by atoms with Gasteiger partial charge in [-0.15, -0.1) is 11.3 Å². The lowest BCUT2D eigenvalue weighted by Gasteiger charge is -2.17. The van der Waals surface area contributed by atoms with Crippen LogP contribution in [0.15, 0.2) is 41.9 Å². The van der Waals surface area contributed by atoms with Gasteiger partial charge in [0.25, 0.3) is 0 Å². The summed E-state index contributed by atoms with van der Waals surface area (Å²) < 4.78 is 0. The smallest absolute Gasteiger partial charge is 0.225 e. The minimum absolute atomic E-state index is 0.0135. The largest absolute Gasteiger partial charge is 0.348 e. The van der Waals surface area contributed by atoms with Crippen molar-refractivity contribution in [2.75, 3.05) is 6.54 Å². The summed E-state index contributed by atoms with van der Waals surface area (Å²) in [5.41, 5.74) is 0.842. The Bertz CT molecular complexity index is 672. The molecule has 0 saturated carbocycles. The third-order valence-corrected chi connectivity index (χ3v) is 5.05. The van der Waals surface area contributed by atoms with E-state index < -0.39 is 0 Å². The number of hydrogen-bond donors (Lipinski definition) is 1. The van der Waals surface area contributed by atoms with Gasteiger partial charge in [0.05, 0.1) is 24.2 Å². The number of rotatable bonds is 5. The zero-order valence-electron chi connectivity index (χ0n) is 12.9. The van der Waals surface area contributed by atoms with E-state index in [1.165, 1.54) is 0 Å². The lowest BCUT2D eigenvalue weighted by molar-refractivity contribution is -0.129. The minimum atomic E-state index is -0.284. The Morgan fingerprint density at radius 2 is 2.30 bits per heavy atom. The maximum Gasteiger partial charge on any atom is 0.225 e. The second-order valence-corrected chi connectivity index (χ2v) is 6.72. The second kappa shape index (κ2) is 6.91. The highest BCUT2D eigenvalue weighted by molar-refractivity contribution is 7.10. The van der Waals surface area contributed by atoms with Crippen molar-refractivity contribution < 1.29 is 9.59 Å². The Hall–Kier alpha value is -2.21. The molecule has 23 heavy (non-hydrogen) atoms. The van der Waals surface area contributed by atoms with Crippen LogP contribution in [-0.2, 0) is 16.1 Å². The zero-order chi connectivity index (χ0) is 16.2. The molecule has 3 rings (SSSR count). The van der Waals surface area contributed by atoms with Gasteiger partial charge in [-0.05, 0) is 30.5 Å². The first kappa shape index (κ1) is 15.7. The van der Waals surface area contributed by atoms with Crippen LogP contribution in [-0.4, -0.2) is 28.2 Å². The molecule has 2 unspecified atom stereocenters. The number of carbonyl (C=O) groups is 2. The fourth-order valence-corrected chi connectivity index (χ4v) is 3.46. The maximum atomic E-state index is 12.4. The molecular formula is C17H19N3O2S. The van der Waals surface area contributed by atoms with Gasteiger partial charge < -0.3 is 10.2 Å². The number of amides is 2. The molecule has 1 N–H and O–H groups in total. The van der Waals surface area contributed by atoms with E-state index in [1.54, 1.807) is 22.4 Å². The molecule has 2 atom stereocenters. The predicted molar refractivity (Wildman–Crippen MR) is 88.6 cm³/mol. The van der Waals surface area contributed by atoms with Gasteiger partial charge in [-0.3, -0.25) is 14.6 Å². The average molecular weight is 329 g/mol. The Morgan fingerprint density at radius 1 is 1.43 bits per heavy atom. The topological polar surface area (TPSA) is 62.3 Å². The van der Waals surface area contributed by atoms with Crippen LogP contribution in [0.4, 0.5) is 0 Å². The van der Waals surface area contributed by atoms with Crippen molar-refractivity contribution in [3.8, 4) is 0 Å². The lowest BCUT2D eigenvalue weighted by atomic mass is 10.1. The molecule has 0 spiro atoms. The fraction of sp³-hybridized carbons (Fsp3) is 0.353. The van der Waals surface area contributed by atoms with Gasteiger partial charge in [0, 0.05) is 24.0 Å². The first-order valence-electron chi connectivity index (χ1n) is 7.65. The Morgan fingerprint density at radius 3 is 3.00 bits per heavy atom. The molecule has 0 bridgehead atoms. The van der Waals surface area contributed by atoms with Crippen LogP contribution < -0.4 is 5.32 Å². The Labute approximate surface area is 139 Å². The lowest BCUT2D eigenvalue weighted by Crippen LogP contribution is -2.34. The van der Waals surface area contributed by atoms with E-state index in [0.29, 0.717) is 13.1 Å². The third kappa shape index (κ3) is 3.76. The van der Waals surface area contributed by atoms with Crippen LogP contribution in [0.25, 0.3) is 0 Å². The Kier molecular flexibility index (Phi) is 4.71. The summed E-state index contributed by atoms with van der Waals surface area (Å²) >= 11 is 1.62. The molecule has 5 nitrogen and oxygen atoms in total. The number of thiophene rings is 1. The molecule has 0 aromatic carbocycles. The van der Waals surface area contributed by atoms with Gasteiger partial charge in [-0.25, -0.2) is 0 Å². The summed E-state index contributed by atoms with van der Waals surface area (Å²) in [5.74, 6) is -0.323. The van der Waals surface area contributed by atoms with Gasteiger partial charge in [-0.1, -0.05) is 12.1 Å². The standard InChI is InChI=1S/C17H19N3O2S/c1-12(15-6-4-8-23-15)19-17(22)13-9-16(21)20(10-13)11-14-5-2-3-7-18-14/h2-8,12-13H,9-11H2,1H3,(H,19,22). The summed E-state index contributed by atoms with van der Waals surface area (Å²) in [5, 5.41) is 5.00. The molecule has 6 heteroatoms. The average Bonchev–Trinajstić information content (AvgIpc) is 3.19. The summed E-state index contributed by atoms with van der Waals surface area (Å²) in [4.78, 5) is 31.6. The van der Waals surface area contributed by atoms with E-state index in [-0.39, 0.29) is 30.2 Å². The molecule has 1 saturated heterocycles. The monoisotopic (exact) mass is 329 g/mol. The molecular weight excluding hydrogens is 310 g/mol. The summed E-state index contributed by atoms with van der Waals surface area (Å²) in [6, 6.07) is 9.58. The van der Waals surface area contributed by atoms with Crippen LogP contribution in [0.1, 0.15) is 30.0 Å². The van der Waals surface area contributed by atoms with Crippen LogP contribution in [0, 0.1) is 5.92 Å². The highest BCUT2D eigenvalue weighted by atomic mass is 32.1. The third-order valence-electron chi connectivity index (χ3n) is 3.99. The van der Waals surface area contributed by atoms with Crippen LogP contribution in [0.5, 0.6) is 0 Å². The fourth-order valence-electron chi connectivity index (χ4n) is 2.73. The summed E-state index contributed by atoms with van der Waals surface area (Å²) in [6.45, 7) is 2.88. The molecule has 1 aliphatic heterocycles. The van der Waals surface area contributed by atoms with Crippen molar-refractivity contribution in [2.24, 2.45) is 5.92 Å². The molecule has 0 radical (unpaired) electrons. The van der Waals surface area contributed by atoms with Crippen molar-refractivity contribution in [1.82, 2.24) is 15.2 Å². The summed E-state index contributed by atoms with van der Waals surface area (Å²) in [7, 11) is 0. The maximum absolute atomic E-state index is 12.4. The van der Waals surface area contributed by atoms with Crippen LogP contribution in [0.3, 0.4) is 0 Å². The molecule has 2 amide bonds. The van der Waals surface area contributed by atoms with E-state index in [4.69, 9.17) is 0 Å². The first-order valence-corrected chi connectivity index (χ1v) is 8.53. The highest BCUT2D eigenvalue weighted by Crippen LogP contribution is 2.23. The van der Waals surface area contributed by atoms with Gasteiger partial charge in [0.2, 0.25) is 11.8 Å². The molecule has 1 aliphatic rings. The van der Waals surface area contributed by atoms with Gasteiger partial charge >= 0.3 is 0 Å². The molecule has 1 fully saturated rings. The highest BCUT2D eigenvalue weighted by Gasteiger charge is 2.34. The van der Waals surface area contributed by atoms with Crippen molar-refractivity contribution in [2.45, 2.75) is 25.9 Å². The summed E-state index contributed by atoms with van der Waals surface area (Å²) in [6.07, 6.45) is 1.98. The van der Waals surface area contributed by atoms with Crippen molar-refractivity contribution in [3.63, 3.8) is 0 Å². The van der Waals surface area contributed by atoms with E-state index in [1.807, 2.05) is 42.6 Å². The van der Waals surface area contributed by atoms with Crippen LogP contribution >= 0.6 is 11.3 Å². The van der Waals surface area contributed by atoms with Crippen molar-refractivity contribution in [3.05, 3.63) is 52.5 Å². The minimum Gasteiger partial charge on any atom is -0.348 e. The van der Waals surface area contributed by atoms with Gasteiger partial charge in [-0.2, -0.15) is 0 Å². The number of aromatic nitrogens is 1. The number of nitrogens with zero attached hydrogens (tertiary/aromatic N) is 2. The molecule has 3 heterocycles. The predicted octanol–water partition coefficient (Wildman–Crippen LogP) is 2.37. The van der Waals surface area contributed by atoms with Gasteiger partial charge in [0.1, 0.15) is 0 Å². The molecule has 2 aromatic rings. The number of carbonyl (C=O) groups excluding carboxylic acids is 2. The molecule has 120 valence electrons. The first-order chi connectivity index (χ1) is 11.1. The number of pyridine rings is 1. The van der Waals surface area contributed by atoms with Crippen molar-refractivity contribution in [1.29, 1.82) is 0 Å². The van der Waals surface area contributed by atoms with Crippen molar-refractivity contribution >= 4 is 23.2 Å². The quantitative estimate of drug-likeness (QED) is 0.916. The van der Waals surface area contributed by atoms with E-state index in [9.17, 15) is 9.59 Å². The van der Waals surface area contributed by atoms with E-state index >= 15 is 0 Å². The van der Waals surface area contributed by atoms with Crippen LogP contribution in [0.2, 0.25) is 0 Å². The van der Waals surface area contributed by atoms with E-state index in [2.05, 4.69) is 10.3 Å². The second-order valence-electron chi connectivity index (χ2n) is 5.74.